The maximum Gasteiger partial charge on any atom is 0.151 e. The average molecular weight is 258 g/mol. The standard InChI is InChI=1S/C15H18N2O2/c18-11-13-7-4-8-17(13)10-14-9-15(16-19-14)12-5-2-1-3-6-12/h1-3,5-6,9,13,18H,4,7-8,10-11H2/t13-/m1/s1. The van der Waals surface area contributed by atoms with Crippen LogP contribution in [0, 0.1) is 0 Å². The van der Waals surface area contributed by atoms with Crippen LogP contribution < -0.4 is 0 Å². The fraction of sp³-hybridized carbons (Fsp3) is 0.400. The van der Waals surface area contributed by atoms with E-state index in [0.29, 0.717) is 0 Å². The van der Waals surface area contributed by atoms with Gasteiger partial charge in [0.25, 0.3) is 0 Å². The summed E-state index contributed by atoms with van der Waals surface area (Å²) in [5.74, 6) is 0.860. The lowest BCUT2D eigenvalue weighted by atomic mass is 10.1. The molecule has 0 bridgehead atoms. The second kappa shape index (κ2) is 5.55. The van der Waals surface area contributed by atoms with Crippen molar-refractivity contribution < 1.29 is 9.63 Å². The minimum atomic E-state index is 0.222. The Balaban J connectivity index is 1.72. The molecule has 3 rings (SSSR count). The normalized spacial score (nSPS) is 19.9. The summed E-state index contributed by atoms with van der Waals surface area (Å²) in [6.07, 6.45) is 2.21. The van der Waals surface area contributed by atoms with Gasteiger partial charge >= 0.3 is 0 Å². The Labute approximate surface area is 112 Å². The molecular weight excluding hydrogens is 240 g/mol. The van der Waals surface area contributed by atoms with E-state index in [-0.39, 0.29) is 12.6 Å². The molecule has 2 aromatic rings. The highest BCUT2D eigenvalue weighted by Gasteiger charge is 2.24. The first kappa shape index (κ1) is 12.4. The van der Waals surface area contributed by atoms with Gasteiger partial charge in [-0.05, 0) is 19.4 Å². The van der Waals surface area contributed by atoms with Crippen molar-refractivity contribution in [1.29, 1.82) is 0 Å². The minimum absolute atomic E-state index is 0.222. The van der Waals surface area contributed by atoms with Crippen molar-refractivity contribution in [2.24, 2.45) is 0 Å². The molecule has 1 fully saturated rings. The van der Waals surface area contributed by atoms with Crippen LogP contribution >= 0.6 is 0 Å². The molecule has 0 saturated carbocycles. The number of likely N-dealkylation sites (tertiary alicyclic amines) is 1. The van der Waals surface area contributed by atoms with E-state index in [0.717, 1.165) is 42.9 Å². The largest absolute Gasteiger partial charge is 0.395 e. The fourth-order valence-electron chi connectivity index (χ4n) is 2.64. The molecule has 1 aliphatic rings. The molecule has 0 aliphatic carbocycles. The van der Waals surface area contributed by atoms with Gasteiger partial charge in [0.2, 0.25) is 0 Å². The van der Waals surface area contributed by atoms with Gasteiger partial charge in [-0.1, -0.05) is 35.5 Å². The molecule has 0 radical (unpaired) electrons. The van der Waals surface area contributed by atoms with Crippen molar-refractivity contribution in [1.82, 2.24) is 10.1 Å². The van der Waals surface area contributed by atoms with E-state index < -0.39 is 0 Å². The van der Waals surface area contributed by atoms with Crippen LogP contribution in [0.3, 0.4) is 0 Å². The topological polar surface area (TPSA) is 49.5 Å². The second-order valence-electron chi connectivity index (χ2n) is 4.99. The number of aliphatic hydroxyl groups excluding tert-OH is 1. The number of benzene rings is 1. The Bertz CT molecular complexity index is 524. The van der Waals surface area contributed by atoms with Gasteiger partial charge < -0.3 is 9.63 Å². The molecule has 1 aromatic carbocycles. The van der Waals surface area contributed by atoms with E-state index in [9.17, 15) is 5.11 Å². The summed E-state index contributed by atoms with van der Waals surface area (Å²) in [5, 5.41) is 13.4. The Morgan fingerprint density at radius 2 is 2.16 bits per heavy atom. The van der Waals surface area contributed by atoms with Crippen LogP contribution in [0.25, 0.3) is 11.3 Å². The van der Waals surface area contributed by atoms with E-state index in [1.54, 1.807) is 0 Å². The van der Waals surface area contributed by atoms with E-state index in [2.05, 4.69) is 10.1 Å². The molecule has 1 N–H and O–H groups in total. The zero-order valence-corrected chi connectivity index (χ0v) is 10.8. The molecule has 2 heterocycles. The van der Waals surface area contributed by atoms with Gasteiger partial charge in [-0.15, -0.1) is 0 Å². The fourth-order valence-corrected chi connectivity index (χ4v) is 2.64. The molecule has 1 atom stereocenters. The molecule has 1 saturated heterocycles. The lowest BCUT2D eigenvalue weighted by Gasteiger charge is -2.20. The van der Waals surface area contributed by atoms with Crippen LogP contribution in [-0.4, -0.2) is 34.4 Å². The first-order valence-electron chi connectivity index (χ1n) is 6.73. The maximum absolute atomic E-state index is 9.31. The number of aromatic nitrogens is 1. The van der Waals surface area contributed by atoms with Crippen LogP contribution in [0.2, 0.25) is 0 Å². The number of hydrogen-bond acceptors (Lipinski definition) is 4. The number of aliphatic hydroxyl groups is 1. The van der Waals surface area contributed by atoms with Crippen molar-refractivity contribution in [2.75, 3.05) is 13.2 Å². The molecule has 4 heteroatoms. The summed E-state index contributed by atoms with van der Waals surface area (Å²) in [6.45, 7) is 1.97. The van der Waals surface area contributed by atoms with E-state index in [4.69, 9.17) is 4.52 Å². The molecular formula is C15H18N2O2. The molecule has 0 amide bonds. The van der Waals surface area contributed by atoms with E-state index in [1.807, 2.05) is 36.4 Å². The monoisotopic (exact) mass is 258 g/mol. The Hall–Kier alpha value is -1.65. The van der Waals surface area contributed by atoms with Gasteiger partial charge in [-0.25, -0.2) is 0 Å². The second-order valence-corrected chi connectivity index (χ2v) is 4.99. The highest BCUT2D eigenvalue weighted by atomic mass is 16.5. The third kappa shape index (κ3) is 2.69. The number of nitrogens with zero attached hydrogens (tertiary/aromatic N) is 2. The average Bonchev–Trinajstić information content (AvgIpc) is 3.09. The molecule has 0 spiro atoms. The van der Waals surface area contributed by atoms with Gasteiger partial charge in [-0.3, -0.25) is 4.90 Å². The quantitative estimate of drug-likeness (QED) is 0.914. The highest BCUT2D eigenvalue weighted by Crippen LogP contribution is 2.23. The van der Waals surface area contributed by atoms with E-state index >= 15 is 0 Å². The highest BCUT2D eigenvalue weighted by molar-refractivity contribution is 5.58. The van der Waals surface area contributed by atoms with Crippen molar-refractivity contribution in [3.05, 3.63) is 42.2 Å². The number of hydrogen-bond donors (Lipinski definition) is 1. The van der Waals surface area contributed by atoms with Gasteiger partial charge in [0.05, 0.1) is 13.2 Å². The maximum atomic E-state index is 9.31. The lowest BCUT2D eigenvalue weighted by Crippen LogP contribution is -2.31. The van der Waals surface area contributed by atoms with Crippen LogP contribution in [0.4, 0.5) is 0 Å². The van der Waals surface area contributed by atoms with Gasteiger partial charge in [0.15, 0.2) is 5.76 Å². The summed E-state index contributed by atoms with van der Waals surface area (Å²) in [6, 6.07) is 12.3. The zero-order valence-electron chi connectivity index (χ0n) is 10.8. The van der Waals surface area contributed by atoms with Crippen LogP contribution in [0.15, 0.2) is 40.9 Å². The smallest absolute Gasteiger partial charge is 0.151 e. The Kier molecular flexibility index (Phi) is 3.62. The van der Waals surface area contributed by atoms with Crippen LogP contribution in [0.1, 0.15) is 18.6 Å². The predicted molar refractivity (Wildman–Crippen MR) is 72.5 cm³/mol. The molecule has 4 nitrogen and oxygen atoms in total. The predicted octanol–water partition coefficient (Wildman–Crippen LogP) is 2.30. The van der Waals surface area contributed by atoms with Crippen molar-refractivity contribution in [3.63, 3.8) is 0 Å². The zero-order chi connectivity index (χ0) is 13.1. The van der Waals surface area contributed by atoms with Gasteiger partial charge in [0.1, 0.15) is 5.69 Å². The van der Waals surface area contributed by atoms with Crippen LogP contribution in [0.5, 0.6) is 0 Å². The minimum Gasteiger partial charge on any atom is -0.395 e. The SMILES string of the molecule is OC[C@H]1CCCN1Cc1cc(-c2ccccc2)no1. The summed E-state index contributed by atoms with van der Waals surface area (Å²) in [4.78, 5) is 2.26. The Morgan fingerprint density at radius 1 is 1.32 bits per heavy atom. The first-order chi connectivity index (χ1) is 9.36. The van der Waals surface area contributed by atoms with Crippen molar-refractivity contribution in [2.45, 2.75) is 25.4 Å². The molecule has 1 aliphatic heterocycles. The molecule has 1 aromatic heterocycles. The molecule has 100 valence electrons. The molecule has 19 heavy (non-hydrogen) atoms. The van der Waals surface area contributed by atoms with Crippen molar-refractivity contribution >= 4 is 0 Å². The van der Waals surface area contributed by atoms with E-state index in [1.165, 1.54) is 0 Å². The summed E-state index contributed by atoms with van der Waals surface area (Å²) in [7, 11) is 0. The lowest BCUT2D eigenvalue weighted by molar-refractivity contribution is 0.143. The van der Waals surface area contributed by atoms with Gasteiger partial charge in [0, 0.05) is 17.7 Å². The number of rotatable bonds is 4. The first-order valence-corrected chi connectivity index (χ1v) is 6.73. The summed E-state index contributed by atoms with van der Waals surface area (Å²) < 4.78 is 5.40. The Morgan fingerprint density at radius 3 is 2.95 bits per heavy atom. The summed E-state index contributed by atoms with van der Waals surface area (Å²) >= 11 is 0. The van der Waals surface area contributed by atoms with Gasteiger partial charge in [-0.2, -0.15) is 0 Å². The van der Waals surface area contributed by atoms with Crippen molar-refractivity contribution in [3.8, 4) is 11.3 Å². The molecule has 0 unspecified atom stereocenters. The summed E-state index contributed by atoms with van der Waals surface area (Å²) in [5.41, 5.74) is 1.94. The third-order valence-electron chi connectivity index (χ3n) is 3.70. The third-order valence-corrected chi connectivity index (χ3v) is 3.70. The van der Waals surface area contributed by atoms with Crippen LogP contribution in [-0.2, 0) is 6.54 Å².